The fourth-order valence-corrected chi connectivity index (χ4v) is 1.32. The van der Waals surface area contributed by atoms with Crippen LogP contribution in [0.2, 0.25) is 0 Å². The standard InChI is InChI=1S/C11H12N2O/c1-7-3-4-9(5-8(7)2)10-6-11(12)13-14-10/h3-6H,1-2H3,(H2,12,13). The Morgan fingerprint density at radius 1 is 1.14 bits per heavy atom. The van der Waals surface area contributed by atoms with Crippen LogP contribution in [0.15, 0.2) is 28.8 Å². The van der Waals surface area contributed by atoms with E-state index in [9.17, 15) is 0 Å². The first-order chi connectivity index (χ1) is 6.66. The number of aryl methyl sites for hydroxylation is 2. The molecule has 0 bridgehead atoms. The van der Waals surface area contributed by atoms with E-state index in [1.165, 1.54) is 11.1 Å². The van der Waals surface area contributed by atoms with Crippen LogP contribution in [-0.4, -0.2) is 5.16 Å². The smallest absolute Gasteiger partial charge is 0.169 e. The van der Waals surface area contributed by atoms with Gasteiger partial charge in [0.1, 0.15) is 0 Å². The lowest BCUT2D eigenvalue weighted by Crippen LogP contribution is -1.82. The van der Waals surface area contributed by atoms with E-state index in [1.54, 1.807) is 6.07 Å². The fraction of sp³-hybridized carbons (Fsp3) is 0.182. The van der Waals surface area contributed by atoms with Crippen molar-refractivity contribution in [1.82, 2.24) is 5.16 Å². The molecule has 3 heteroatoms. The number of rotatable bonds is 1. The number of nitrogens with zero attached hydrogens (tertiary/aromatic N) is 1. The molecule has 0 spiro atoms. The van der Waals surface area contributed by atoms with Crippen LogP contribution in [-0.2, 0) is 0 Å². The molecule has 0 saturated carbocycles. The summed E-state index contributed by atoms with van der Waals surface area (Å²) >= 11 is 0. The molecule has 0 aliphatic heterocycles. The number of anilines is 1. The summed E-state index contributed by atoms with van der Waals surface area (Å²) < 4.78 is 5.07. The Morgan fingerprint density at radius 2 is 1.93 bits per heavy atom. The number of hydrogen-bond acceptors (Lipinski definition) is 3. The molecule has 0 aliphatic carbocycles. The van der Waals surface area contributed by atoms with Gasteiger partial charge in [-0.2, -0.15) is 0 Å². The van der Waals surface area contributed by atoms with Gasteiger partial charge in [-0.25, -0.2) is 0 Å². The summed E-state index contributed by atoms with van der Waals surface area (Å²) in [6.07, 6.45) is 0. The maximum absolute atomic E-state index is 5.48. The van der Waals surface area contributed by atoms with Crippen molar-refractivity contribution in [2.45, 2.75) is 13.8 Å². The third kappa shape index (κ3) is 1.48. The molecular formula is C11H12N2O. The predicted octanol–water partition coefficient (Wildman–Crippen LogP) is 2.54. The Balaban J connectivity index is 2.47. The number of nitrogens with two attached hydrogens (primary N) is 1. The van der Waals surface area contributed by atoms with Gasteiger partial charge >= 0.3 is 0 Å². The first-order valence-electron chi connectivity index (χ1n) is 4.46. The Bertz CT molecular complexity index is 460. The van der Waals surface area contributed by atoms with Crippen molar-refractivity contribution >= 4 is 5.82 Å². The third-order valence-corrected chi connectivity index (χ3v) is 2.32. The van der Waals surface area contributed by atoms with Gasteiger partial charge in [0.15, 0.2) is 11.6 Å². The zero-order chi connectivity index (χ0) is 10.1. The molecule has 0 amide bonds. The topological polar surface area (TPSA) is 52.0 Å². The first kappa shape index (κ1) is 8.81. The highest BCUT2D eigenvalue weighted by Gasteiger charge is 2.05. The van der Waals surface area contributed by atoms with Gasteiger partial charge in [-0.3, -0.25) is 0 Å². The molecule has 0 radical (unpaired) electrons. The summed E-state index contributed by atoms with van der Waals surface area (Å²) in [6.45, 7) is 4.15. The van der Waals surface area contributed by atoms with Crippen LogP contribution in [0, 0.1) is 13.8 Å². The number of aromatic nitrogens is 1. The van der Waals surface area contributed by atoms with Crippen molar-refractivity contribution in [3.63, 3.8) is 0 Å². The summed E-state index contributed by atoms with van der Waals surface area (Å²) in [5.74, 6) is 1.13. The molecule has 14 heavy (non-hydrogen) atoms. The van der Waals surface area contributed by atoms with Crippen LogP contribution < -0.4 is 5.73 Å². The summed E-state index contributed by atoms with van der Waals surface area (Å²) in [5.41, 5.74) is 8.99. The minimum Gasteiger partial charge on any atom is -0.381 e. The number of nitrogen functional groups attached to an aromatic ring is 1. The third-order valence-electron chi connectivity index (χ3n) is 2.32. The SMILES string of the molecule is Cc1ccc(-c2cc(N)no2)cc1C. The molecule has 0 unspecified atom stereocenters. The molecule has 3 nitrogen and oxygen atoms in total. The molecule has 72 valence electrons. The molecule has 0 aliphatic rings. The summed E-state index contributed by atoms with van der Waals surface area (Å²) in [5, 5.41) is 3.65. The lowest BCUT2D eigenvalue weighted by Gasteiger charge is -2.01. The molecule has 1 aromatic carbocycles. The molecular weight excluding hydrogens is 176 g/mol. The van der Waals surface area contributed by atoms with E-state index in [4.69, 9.17) is 10.3 Å². The highest BCUT2D eigenvalue weighted by Crippen LogP contribution is 2.23. The van der Waals surface area contributed by atoms with E-state index in [0.717, 1.165) is 5.56 Å². The Hall–Kier alpha value is -1.77. The minimum absolute atomic E-state index is 0.415. The predicted molar refractivity (Wildman–Crippen MR) is 55.8 cm³/mol. The molecule has 0 fully saturated rings. The molecule has 1 aromatic heterocycles. The van der Waals surface area contributed by atoms with E-state index in [1.807, 2.05) is 6.07 Å². The molecule has 2 aromatic rings. The van der Waals surface area contributed by atoms with E-state index in [0.29, 0.717) is 11.6 Å². The van der Waals surface area contributed by atoms with Crippen molar-refractivity contribution < 1.29 is 4.52 Å². The highest BCUT2D eigenvalue weighted by atomic mass is 16.5. The van der Waals surface area contributed by atoms with Gasteiger partial charge in [0.05, 0.1) is 0 Å². The van der Waals surface area contributed by atoms with Crippen molar-refractivity contribution in [2.75, 3.05) is 5.73 Å². The van der Waals surface area contributed by atoms with E-state index < -0.39 is 0 Å². The van der Waals surface area contributed by atoms with Gasteiger partial charge in [-0.05, 0) is 31.0 Å². The van der Waals surface area contributed by atoms with Crippen molar-refractivity contribution in [2.24, 2.45) is 0 Å². The molecule has 1 heterocycles. The number of hydrogen-bond donors (Lipinski definition) is 1. The van der Waals surface area contributed by atoms with Gasteiger partial charge in [0.25, 0.3) is 0 Å². The Labute approximate surface area is 82.5 Å². The van der Waals surface area contributed by atoms with Gasteiger partial charge in [0.2, 0.25) is 0 Å². The van der Waals surface area contributed by atoms with Gasteiger partial charge < -0.3 is 10.3 Å². The monoisotopic (exact) mass is 188 g/mol. The summed E-state index contributed by atoms with van der Waals surface area (Å²) in [7, 11) is 0. The highest BCUT2D eigenvalue weighted by molar-refractivity contribution is 5.61. The second kappa shape index (κ2) is 3.18. The minimum atomic E-state index is 0.415. The van der Waals surface area contributed by atoms with E-state index >= 15 is 0 Å². The normalized spacial score (nSPS) is 10.4. The zero-order valence-corrected chi connectivity index (χ0v) is 8.24. The Kier molecular flexibility index (Phi) is 2.00. The van der Waals surface area contributed by atoms with Gasteiger partial charge in [-0.1, -0.05) is 17.3 Å². The van der Waals surface area contributed by atoms with Crippen LogP contribution in [0.3, 0.4) is 0 Å². The summed E-state index contributed by atoms with van der Waals surface area (Å²) in [6, 6.07) is 7.85. The van der Waals surface area contributed by atoms with E-state index in [-0.39, 0.29) is 0 Å². The van der Waals surface area contributed by atoms with Gasteiger partial charge in [-0.15, -0.1) is 0 Å². The van der Waals surface area contributed by atoms with Crippen LogP contribution in [0.1, 0.15) is 11.1 Å². The molecule has 0 atom stereocenters. The van der Waals surface area contributed by atoms with Crippen LogP contribution in [0.5, 0.6) is 0 Å². The maximum atomic E-state index is 5.48. The van der Waals surface area contributed by atoms with E-state index in [2.05, 4.69) is 31.1 Å². The van der Waals surface area contributed by atoms with Crippen LogP contribution in [0.4, 0.5) is 5.82 Å². The average Bonchev–Trinajstić information content (AvgIpc) is 2.57. The van der Waals surface area contributed by atoms with Crippen molar-refractivity contribution in [1.29, 1.82) is 0 Å². The molecule has 2 rings (SSSR count). The number of benzene rings is 1. The second-order valence-electron chi connectivity index (χ2n) is 3.42. The first-order valence-corrected chi connectivity index (χ1v) is 4.46. The van der Waals surface area contributed by atoms with Crippen LogP contribution in [0.25, 0.3) is 11.3 Å². The second-order valence-corrected chi connectivity index (χ2v) is 3.42. The maximum Gasteiger partial charge on any atom is 0.169 e. The summed E-state index contributed by atoms with van der Waals surface area (Å²) in [4.78, 5) is 0. The molecule has 0 saturated heterocycles. The van der Waals surface area contributed by atoms with Gasteiger partial charge in [0, 0.05) is 11.6 Å². The van der Waals surface area contributed by atoms with Crippen molar-refractivity contribution in [3.8, 4) is 11.3 Å². The lowest BCUT2D eigenvalue weighted by molar-refractivity contribution is 0.436. The lowest BCUT2D eigenvalue weighted by atomic mass is 10.1. The van der Waals surface area contributed by atoms with Crippen molar-refractivity contribution in [3.05, 3.63) is 35.4 Å². The average molecular weight is 188 g/mol. The quantitative estimate of drug-likeness (QED) is 0.748. The largest absolute Gasteiger partial charge is 0.381 e. The zero-order valence-electron chi connectivity index (χ0n) is 8.24. The van der Waals surface area contributed by atoms with Crippen LogP contribution >= 0.6 is 0 Å². The Morgan fingerprint density at radius 3 is 2.50 bits per heavy atom. The molecule has 2 N–H and O–H groups in total. The fourth-order valence-electron chi connectivity index (χ4n) is 1.32.